The van der Waals surface area contributed by atoms with Crippen LogP contribution >= 0.6 is 0 Å². The Morgan fingerprint density at radius 3 is 2.81 bits per heavy atom. The highest BCUT2D eigenvalue weighted by Crippen LogP contribution is 2.57. The molecule has 1 aromatic rings. The van der Waals surface area contributed by atoms with Crippen LogP contribution in [-0.2, 0) is 11.2 Å². The Labute approximate surface area is 156 Å². The van der Waals surface area contributed by atoms with Crippen LogP contribution in [0.3, 0.4) is 0 Å². The lowest BCUT2D eigenvalue weighted by Gasteiger charge is -2.39. The summed E-state index contributed by atoms with van der Waals surface area (Å²) >= 11 is 0. The number of methoxy groups -OCH3 is 1. The van der Waals surface area contributed by atoms with Gasteiger partial charge in [0.15, 0.2) is 0 Å². The normalized spacial score (nSPS) is 36.1. The second-order valence-electron chi connectivity index (χ2n) is 8.70. The van der Waals surface area contributed by atoms with Crippen LogP contribution < -0.4 is 10.1 Å². The van der Waals surface area contributed by atoms with Gasteiger partial charge < -0.3 is 15.2 Å². The quantitative estimate of drug-likeness (QED) is 0.848. The highest BCUT2D eigenvalue weighted by Gasteiger charge is 2.55. The zero-order chi connectivity index (χ0) is 18.1. The third-order valence-corrected chi connectivity index (χ3v) is 7.13. The predicted molar refractivity (Wildman–Crippen MR) is 101 cm³/mol. The van der Waals surface area contributed by atoms with Gasteiger partial charge in [-0.25, -0.2) is 0 Å². The summed E-state index contributed by atoms with van der Waals surface area (Å²) in [5.41, 5.74) is 0.864. The number of nitrogens with one attached hydrogen (secondary N) is 1. The second-order valence-corrected chi connectivity index (χ2v) is 8.70. The number of amides is 1. The fourth-order valence-corrected chi connectivity index (χ4v) is 5.76. The van der Waals surface area contributed by atoms with Crippen molar-refractivity contribution in [3.8, 4) is 5.75 Å². The minimum absolute atomic E-state index is 0.0717. The van der Waals surface area contributed by atoms with Crippen molar-refractivity contribution in [2.75, 3.05) is 7.11 Å². The summed E-state index contributed by atoms with van der Waals surface area (Å²) < 4.78 is 5.38. The Kier molecular flexibility index (Phi) is 4.96. The maximum atomic E-state index is 13.5. The first-order chi connectivity index (χ1) is 12.6. The Hall–Kier alpha value is -1.55. The fraction of sp³-hybridized carbons (Fsp3) is 0.682. The zero-order valence-corrected chi connectivity index (χ0v) is 15.7. The Bertz CT molecular complexity index is 661. The van der Waals surface area contributed by atoms with Gasteiger partial charge in [-0.3, -0.25) is 4.79 Å². The lowest BCUT2D eigenvalue weighted by atomic mass is 9.68. The molecule has 0 aliphatic heterocycles. The molecule has 3 fully saturated rings. The largest absolute Gasteiger partial charge is 0.497 e. The number of hydrogen-bond acceptors (Lipinski definition) is 3. The molecule has 2 N–H and O–H groups in total. The molecule has 3 aliphatic rings. The van der Waals surface area contributed by atoms with Gasteiger partial charge in [0, 0.05) is 0 Å². The number of benzene rings is 1. The SMILES string of the molecule is COc1cccc(CC2(C(=O)NC3CCCCC3O)CC3CCC2C3)c1. The molecule has 3 saturated carbocycles. The third-order valence-electron chi connectivity index (χ3n) is 7.13. The van der Waals surface area contributed by atoms with E-state index in [0.717, 1.165) is 50.7 Å². The van der Waals surface area contributed by atoms with Crippen LogP contribution in [0.1, 0.15) is 56.9 Å². The van der Waals surface area contributed by atoms with Gasteiger partial charge in [0.05, 0.1) is 24.7 Å². The van der Waals surface area contributed by atoms with Gasteiger partial charge in [0.2, 0.25) is 5.91 Å². The van der Waals surface area contributed by atoms with Crippen LogP contribution in [-0.4, -0.2) is 30.3 Å². The second kappa shape index (κ2) is 7.22. The van der Waals surface area contributed by atoms with Gasteiger partial charge in [0.25, 0.3) is 0 Å². The number of fused-ring (bicyclic) bond motifs is 2. The molecular formula is C22H31NO3. The van der Waals surface area contributed by atoms with Crippen molar-refractivity contribution < 1.29 is 14.6 Å². The molecule has 0 radical (unpaired) electrons. The maximum absolute atomic E-state index is 13.5. The molecule has 5 atom stereocenters. The van der Waals surface area contributed by atoms with E-state index in [4.69, 9.17) is 4.74 Å². The van der Waals surface area contributed by atoms with Gasteiger partial charge in [-0.15, -0.1) is 0 Å². The van der Waals surface area contributed by atoms with E-state index in [1.54, 1.807) is 7.11 Å². The van der Waals surface area contributed by atoms with Crippen LogP contribution in [0.5, 0.6) is 5.75 Å². The molecular weight excluding hydrogens is 326 g/mol. The van der Waals surface area contributed by atoms with E-state index < -0.39 is 0 Å². The topological polar surface area (TPSA) is 58.6 Å². The monoisotopic (exact) mass is 357 g/mol. The summed E-state index contributed by atoms with van der Waals surface area (Å²) in [4.78, 5) is 13.5. The van der Waals surface area contributed by atoms with Crippen LogP contribution in [0.4, 0.5) is 0 Å². The summed E-state index contributed by atoms with van der Waals surface area (Å²) in [6, 6.07) is 8.07. The molecule has 1 amide bonds. The highest BCUT2D eigenvalue weighted by molar-refractivity contribution is 5.84. The number of carbonyl (C=O) groups excluding carboxylic acids is 1. The van der Waals surface area contributed by atoms with E-state index in [0.29, 0.717) is 11.8 Å². The zero-order valence-electron chi connectivity index (χ0n) is 15.7. The highest BCUT2D eigenvalue weighted by atomic mass is 16.5. The van der Waals surface area contributed by atoms with Crippen molar-refractivity contribution in [3.05, 3.63) is 29.8 Å². The maximum Gasteiger partial charge on any atom is 0.227 e. The molecule has 142 valence electrons. The first-order valence-corrected chi connectivity index (χ1v) is 10.2. The number of carbonyl (C=O) groups is 1. The Balaban J connectivity index is 1.56. The minimum Gasteiger partial charge on any atom is -0.497 e. The third kappa shape index (κ3) is 3.24. The molecule has 26 heavy (non-hydrogen) atoms. The number of ether oxygens (including phenoxy) is 1. The summed E-state index contributed by atoms with van der Waals surface area (Å²) in [7, 11) is 1.68. The summed E-state index contributed by atoms with van der Waals surface area (Å²) in [5.74, 6) is 2.19. The molecule has 3 aliphatic carbocycles. The molecule has 4 rings (SSSR count). The number of aliphatic hydroxyl groups excluding tert-OH is 1. The smallest absolute Gasteiger partial charge is 0.227 e. The Morgan fingerprint density at radius 1 is 1.27 bits per heavy atom. The van der Waals surface area contributed by atoms with Crippen molar-refractivity contribution in [3.63, 3.8) is 0 Å². The van der Waals surface area contributed by atoms with E-state index in [2.05, 4.69) is 17.4 Å². The van der Waals surface area contributed by atoms with Crippen LogP contribution in [0.2, 0.25) is 0 Å². The lowest BCUT2D eigenvalue weighted by Crippen LogP contribution is -2.53. The lowest BCUT2D eigenvalue weighted by molar-refractivity contribution is -0.136. The van der Waals surface area contributed by atoms with Crippen LogP contribution in [0.15, 0.2) is 24.3 Å². The van der Waals surface area contributed by atoms with Crippen molar-refractivity contribution in [1.82, 2.24) is 5.32 Å². The fourth-order valence-electron chi connectivity index (χ4n) is 5.76. The molecule has 1 aromatic carbocycles. The van der Waals surface area contributed by atoms with Crippen LogP contribution in [0.25, 0.3) is 0 Å². The average Bonchev–Trinajstić information content (AvgIpc) is 3.25. The predicted octanol–water partition coefficient (Wildman–Crippen LogP) is 3.46. The first kappa shape index (κ1) is 17.8. The minimum atomic E-state index is -0.389. The number of aliphatic hydroxyl groups is 1. The van der Waals surface area contributed by atoms with Gasteiger partial charge in [-0.1, -0.05) is 31.4 Å². The standard InChI is InChI=1S/C22H31NO3/c1-26-18-6-4-5-15(12-18)13-22(14-16-9-10-17(22)11-16)21(25)23-19-7-2-3-8-20(19)24/h4-6,12,16-17,19-20,24H,2-3,7-11,13-14H2,1H3,(H,23,25). The van der Waals surface area contributed by atoms with Gasteiger partial charge >= 0.3 is 0 Å². The summed E-state index contributed by atoms with van der Waals surface area (Å²) in [6.45, 7) is 0. The van der Waals surface area contributed by atoms with E-state index in [-0.39, 0.29) is 23.5 Å². The Morgan fingerprint density at radius 2 is 2.12 bits per heavy atom. The molecule has 4 heteroatoms. The molecule has 4 nitrogen and oxygen atoms in total. The van der Waals surface area contributed by atoms with Crippen molar-refractivity contribution in [2.24, 2.45) is 17.3 Å². The molecule has 0 heterocycles. The summed E-state index contributed by atoms with van der Waals surface area (Å²) in [6.07, 6.45) is 8.85. The van der Waals surface area contributed by atoms with Gasteiger partial charge in [-0.2, -0.15) is 0 Å². The number of hydrogen-bond donors (Lipinski definition) is 2. The summed E-state index contributed by atoms with van der Waals surface area (Å²) in [5, 5.41) is 13.6. The van der Waals surface area contributed by atoms with E-state index >= 15 is 0 Å². The van der Waals surface area contributed by atoms with E-state index in [1.165, 1.54) is 18.4 Å². The van der Waals surface area contributed by atoms with Gasteiger partial charge in [0.1, 0.15) is 5.75 Å². The van der Waals surface area contributed by atoms with Crippen molar-refractivity contribution in [2.45, 2.75) is 69.9 Å². The van der Waals surface area contributed by atoms with Crippen molar-refractivity contribution in [1.29, 1.82) is 0 Å². The van der Waals surface area contributed by atoms with Crippen molar-refractivity contribution >= 4 is 5.91 Å². The molecule has 0 aromatic heterocycles. The van der Waals surface area contributed by atoms with E-state index in [9.17, 15) is 9.90 Å². The molecule has 0 spiro atoms. The average molecular weight is 357 g/mol. The van der Waals surface area contributed by atoms with Gasteiger partial charge in [-0.05, 0) is 68.1 Å². The van der Waals surface area contributed by atoms with E-state index in [1.807, 2.05) is 12.1 Å². The number of rotatable bonds is 5. The molecule has 5 unspecified atom stereocenters. The molecule has 2 bridgehead atoms. The molecule has 0 saturated heterocycles. The van der Waals surface area contributed by atoms with Crippen LogP contribution in [0, 0.1) is 17.3 Å². The first-order valence-electron chi connectivity index (χ1n) is 10.2.